The molecule has 4 rings (SSSR count). The molecule has 1 fully saturated rings. The zero-order valence-corrected chi connectivity index (χ0v) is 16.3. The summed E-state index contributed by atoms with van der Waals surface area (Å²) in [5, 5.41) is 0. The topological polar surface area (TPSA) is 50.1 Å². The molecule has 0 atom stereocenters. The molecule has 6 heteroatoms. The molecule has 0 bridgehead atoms. The van der Waals surface area contributed by atoms with Gasteiger partial charge in [-0.25, -0.2) is 4.98 Å². The molecule has 28 heavy (non-hydrogen) atoms. The Labute approximate surface area is 165 Å². The highest BCUT2D eigenvalue weighted by Gasteiger charge is 2.22. The second kappa shape index (κ2) is 8.54. The second-order valence-corrected chi connectivity index (χ2v) is 7.01. The SMILES string of the molecule is CCOCCN1CCN(C(=O)c2ccc3nc(-c4ccccc4)cn3c2)CC1. The van der Waals surface area contributed by atoms with Crippen LogP contribution < -0.4 is 0 Å². The van der Waals surface area contributed by atoms with Crippen LogP contribution in [-0.4, -0.2) is 71.0 Å². The summed E-state index contributed by atoms with van der Waals surface area (Å²) < 4.78 is 7.36. The van der Waals surface area contributed by atoms with Crippen molar-refractivity contribution in [2.75, 3.05) is 45.9 Å². The van der Waals surface area contributed by atoms with E-state index in [0.717, 1.165) is 62.8 Å². The Morgan fingerprint density at radius 1 is 1.04 bits per heavy atom. The van der Waals surface area contributed by atoms with Crippen molar-refractivity contribution < 1.29 is 9.53 Å². The summed E-state index contributed by atoms with van der Waals surface area (Å²) in [7, 11) is 0. The van der Waals surface area contributed by atoms with E-state index < -0.39 is 0 Å². The average molecular weight is 378 g/mol. The molecule has 1 aromatic carbocycles. The van der Waals surface area contributed by atoms with Crippen molar-refractivity contribution in [3.8, 4) is 11.3 Å². The zero-order valence-electron chi connectivity index (χ0n) is 16.3. The Balaban J connectivity index is 1.43. The normalized spacial score (nSPS) is 15.2. The molecular weight excluding hydrogens is 352 g/mol. The van der Waals surface area contributed by atoms with Crippen LogP contribution in [0.2, 0.25) is 0 Å². The van der Waals surface area contributed by atoms with Gasteiger partial charge in [-0.15, -0.1) is 0 Å². The Morgan fingerprint density at radius 2 is 1.82 bits per heavy atom. The van der Waals surface area contributed by atoms with Crippen molar-refractivity contribution in [1.82, 2.24) is 19.2 Å². The molecule has 6 nitrogen and oxygen atoms in total. The summed E-state index contributed by atoms with van der Waals surface area (Å²) >= 11 is 0. The maximum Gasteiger partial charge on any atom is 0.255 e. The van der Waals surface area contributed by atoms with Gasteiger partial charge in [0.25, 0.3) is 5.91 Å². The molecule has 0 unspecified atom stereocenters. The first kappa shape index (κ1) is 18.7. The first-order chi connectivity index (χ1) is 13.7. The van der Waals surface area contributed by atoms with E-state index in [1.807, 2.05) is 71.1 Å². The Hall–Kier alpha value is -2.70. The van der Waals surface area contributed by atoms with Crippen molar-refractivity contribution in [2.24, 2.45) is 0 Å². The molecule has 0 saturated carbocycles. The minimum absolute atomic E-state index is 0.0846. The number of nitrogens with zero attached hydrogens (tertiary/aromatic N) is 4. The van der Waals surface area contributed by atoms with Crippen LogP contribution in [0.3, 0.4) is 0 Å². The summed E-state index contributed by atoms with van der Waals surface area (Å²) in [6.07, 6.45) is 3.87. The fraction of sp³-hybridized carbons (Fsp3) is 0.364. The molecule has 146 valence electrons. The number of benzene rings is 1. The van der Waals surface area contributed by atoms with Gasteiger partial charge >= 0.3 is 0 Å². The van der Waals surface area contributed by atoms with Gasteiger partial charge in [-0.05, 0) is 19.1 Å². The van der Waals surface area contributed by atoms with Crippen LogP contribution in [0.5, 0.6) is 0 Å². The number of aromatic nitrogens is 2. The predicted octanol–water partition coefficient (Wildman–Crippen LogP) is 2.80. The van der Waals surface area contributed by atoms with Crippen molar-refractivity contribution in [3.05, 3.63) is 60.4 Å². The maximum atomic E-state index is 12.9. The van der Waals surface area contributed by atoms with E-state index in [0.29, 0.717) is 5.56 Å². The zero-order chi connectivity index (χ0) is 19.3. The van der Waals surface area contributed by atoms with Gasteiger partial charge < -0.3 is 14.0 Å². The van der Waals surface area contributed by atoms with E-state index in [-0.39, 0.29) is 5.91 Å². The van der Waals surface area contributed by atoms with E-state index in [2.05, 4.69) is 9.88 Å². The third-order valence-electron chi connectivity index (χ3n) is 5.18. The van der Waals surface area contributed by atoms with E-state index in [1.165, 1.54) is 0 Å². The van der Waals surface area contributed by atoms with Crippen LogP contribution >= 0.6 is 0 Å². The maximum absolute atomic E-state index is 12.9. The number of hydrogen-bond acceptors (Lipinski definition) is 4. The lowest BCUT2D eigenvalue weighted by molar-refractivity contribution is 0.0564. The van der Waals surface area contributed by atoms with Crippen LogP contribution in [-0.2, 0) is 4.74 Å². The predicted molar refractivity (Wildman–Crippen MR) is 109 cm³/mol. The van der Waals surface area contributed by atoms with Gasteiger partial charge in [0, 0.05) is 57.3 Å². The molecule has 3 heterocycles. The third-order valence-corrected chi connectivity index (χ3v) is 5.18. The minimum Gasteiger partial charge on any atom is -0.380 e. The highest BCUT2D eigenvalue weighted by molar-refractivity contribution is 5.94. The highest BCUT2D eigenvalue weighted by atomic mass is 16.5. The largest absolute Gasteiger partial charge is 0.380 e. The standard InChI is InChI=1S/C22H26N4O2/c1-2-28-15-14-24-10-12-25(13-11-24)22(27)19-8-9-21-23-20(17-26(21)16-19)18-6-4-3-5-7-18/h3-9,16-17H,2,10-15H2,1H3. The van der Waals surface area contributed by atoms with E-state index in [9.17, 15) is 4.79 Å². The van der Waals surface area contributed by atoms with Gasteiger partial charge in [-0.2, -0.15) is 0 Å². The molecule has 1 amide bonds. The summed E-state index contributed by atoms with van der Waals surface area (Å²) in [5.74, 6) is 0.0846. The fourth-order valence-corrected chi connectivity index (χ4v) is 3.56. The number of rotatable bonds is 6. The van der Waals surface area contributed by atoms with E-state index in [1.54, 1.807) is 0 Å². The molecule has 0 aliphatic carbocycles. The number of imidazole rings is 1. The summed E-state index contributed by atoms with van der Waals surface area (Å²) in [5.41, 5.74) is 3.53. The number of pyridine rings is 1. The third kappa shape index (κ3) is 4.08. The van der Waals surface area contributed by atoms with Gasteiger partial charge in [-0.1, -0.05) is 30.3 Å². The average Bonchev–Trinajstić information content (AvgIpc) is 3.18. The van der Waals surface area contributed by atoms with Gasteiger partial charge in [0.1, 0.15) is 5.65 Å². The first-order valence-electron chi connectivity index (χ1n) is 9.88. The Kier molecular flexibility index (Phi) is 5.69. The van der Waals surface area contributed by atoms with Crippen molar-refractivity contribution in [1.29, 1.82) is 0 Å². The summed E-state index contributed by atoms with van der Waals surface area (Å²) in [4.78, 5) is 21.9. The van der Waals surface area contributed by atoms with Gasteiger partial charge in [0.05, 0.1) is 17.9 Å². The van der Waals surface area contributed by atoms with Crippen LogP contribution in [0, 0.1) is 0 Å². The van der Waals surface area contributed by atoms with Crippen LogP contribution in [0.4, 0.5) is 0 Å². The molecule has 3 aromatic rings. The fourth-order valence-electron chi connectivity index (χ4n) is 3.56. The monoisotopic (exact) mass is 378 g/mol. The molecule has 0 N–H and O–H groups in total. The smallest absolute Gasteiger partial charge is 0.255 e. The molecular formula is C22H26N4O2. The van der Waals surface area contributed by atoms with E-state index in [4.69, 9.17) is 4.74 Å². The number of amides is 1. The number of carbonyl (C=O) groups is 1. The molecule has 1 aliphatic heterocycles. The van der Waals surface area contributed by atoms with Gasteiger partial charge in [0.15, 0.2) is 0 Å². The van der Waals surface area contributed by atoms with Crippen LogP contribution in [0.25, 0.3) is 16.9 Å². The van der Waals surface area contributed by atoms with Crippen molar-refractivity contribution >= 4 is 11.6 Å². The molecule has 0 radical (unpaired) electrons. The lowest BCUT2D eigenvalue weighted by Crippen LogP contribution is -2.49. The number of fused-ring (bicyclic) bond motifs is 1. The van der Waals surface area contributed by atoms with Crippen LogP contribution in [0.1, 0.15) is 17.3 Å². The molecule has 1 saturated heterocycles. The van der Waals surface area contributed by atoms with Gasteiger partial charge in [-0.3, -0.25) is 9.69 Å². The Morgan fingerprint density at radius 3 is 2.57 bits per heavy atom. The molecule has 1 aliphatic rings. The lowest BCUT2D eigenvalue weighted by Gasteiger charge is -2.34. The number of piperazine rings is 1. The van der Waals surface area contributed by atoms with Crippen molar-refractivity contribution in [3.63, 3.8) is 0 Å². The number of ether oxygens (including phenoxy) is 1. The van der Waals surface area contributed by atoms with E-state index >= 15 is 0 Å². The highest BCUT2D eigenvalue weighted by Crippen LogP contribution is 2.19. The Bertz CT molecular complexity index is 930. The minimum atomic E-state index is 0.0846. The number of hydrogen-bond donors (Lipinski definition) is 0. The summed E-state index contributed by atoms with van der Waals surface area (Å²) in [6.45, 7) is 7.74. The quantitative estimate of drug-likeness (QED) is 0.619. The molecule has 2 aromatic heterocycles. The van der Waals surface area contributed by atoms with Crippen molar-refractivity contribution in [2.45, 2.75) is 6.92 Å². The van der Waals surface area contributed by atoms with Crippen LogP contribution in [0.15, 0.2) is 54.9 Å². The molecule has 0 spiro atoms. The number of carbonyl (C=O) groups excluding carboxylic acids is 1. The lowest BCUT2D eigenvalue weighted by atomic mass is 10.2. The first-order valence-corrected chi connectivity index (χ1v) is 9.88. The second-order valence-electron chi connectivity index (χ2n) is 7.01. The summed E-state index contributed by atoms with van der Waals surface area (Å²) in [6, 6.07) is 13.9. The van der Waals surface area contributed by atoms with Gasteiger partial charge in [0.2, 0.25) is 0 Å².